The van der Waals surface area contributed by atoms with Gasteiger partial charge < -0.3 is 14.3 Å². The average Bonchev–Trinajstić information content (AvgIpc) is 2.93. The first kappa shape index (κ1) is 25.1. The van der Waals surface area contributed by atoms with Crippen molar-refractivity contribution >= 4 is 22.5 Å². The number of nitriles is 1. The quantitative estimate of drug-likeness (QED) is 0.364. The lowest BCUT2D eigenvalue weighted by Gasteiger charge is -2.45. The van der Waals surface area contributed by atoms with Gasteiger partial charge >= 0.3 is 0 Å². The Morgan fingerprint density at radius 1 is 1.03 bits per heavy atom. The van der Waals surface area contributed by atoms with E-state index < -0.39 is 5.56 Å². The molecule has 2 aromatic carbocycles. The number of aromatic nitrogens is 2. The summed E-state index contributed by atoms with van der Waals surface area (Å²) in [6.07, 6.45) is 0. The van der Waals surface area contributed by atoms with Crippen LogP contribution in [0.25, 0.3) is 15.9 Å². The Balaban J connectivity index is 1.56. The average molecular weight is 511 g/mol. The Morgan fingerprint density at radius 2 is 1.63 bits per heavy atom. The number of benzene rings is 2. The summed E-state index contributed by atoms with van der Waals surface area (Å²) in [5.41, 5.74) is 2.73. The molecule has 3 heterocycles. The van der Waals surface area contributed by atoms with Crippen molar-refractivity contribution in [2.75, 3.05) is 24.5 Å². The van der Waals surface area contributed by atoms with Crippen LogP contribution in [0.3, 0.4) is 0 Å². The zero-order valence-electron chi connectivity index (χ0n) is 20.9. The molecule has 0 amide bonds. The number of aryl methyl sites for hydroxylation is 1. The number of halogens is 2. The van der Waals surface area contributed by atoms with Gasteiger partial charge in [0.15, 0.2) is 0 Å². The van der Waals surface area contributed by atoms with Gasteiger partial charge in [0.05, 0.1) is 11.6 Å². The van der Waals surface area contributed by atoms with Crippen LogP contribution in [0.5, 0.6) is 0 Å². The molecule has 1 saturated heterocycles. The van der Waals surface area contributed by atoms with Gasteiger partial charge in [0.1, 0.15) is 29.0 Å². The number of piperazine rings is 1. The van der Waals surface area contributed by atoms with E-state index in [0.717, 1.165) is 11.1 Å². The van der Waals surface area contributed by atoms with Crippen molar-refractivity contribution in [3.05, 3.63) is 111 Å². The first-order valence-corrected chi connectivity index (χ1v) is 12.1. The molecule has 0 N–H and O–H groups in total. The maximum Gasteiger partial charge on any atom is 0.271 e. The van der Waals surface area contributed by atoms with Gasteiger partial charge in [-0.3, -0.25) is 9.69 Å². The summed E-state index contributed by atoms with van der Waals surface area (Å²) in [5, 5.41) is 9.94. The number of rotatable bonds is 4. The number of pyridine rings is 2. The molecule has 0 saturated carbocycles. The van der Waals surface area contributed by atoms with E-state index in [-0.39, 0.29) is 35.1 Å². The first-order valence-electron chi connectivity index (χ1n) is 12.1. The summed E-state index contributed by atoms with van der Waals surface area (Å²) in [4.78, 5) is 25.2. The van der Waals surface area contributed by atoms with E-state index in [1.54, 1.807) is 43.4 Å². The summed E-state index contributed by atoms with van der Waals surface area (Å²) in [6, 6.07) is 17.6. The van der Waals surface area contributed by atoms with Gasteiger partial charge in [0.2, 0.25) is 5.52 Å². The molecule has 0 bridgehead atoms. The Morgan fingerprint density at radius 3 is 2.16 bits per heavy atom. The molecule has 1 fully saturated rings. The number of nitrogens with zero attached hydrogens (tertiary/aromatic N) is 6. The zero-order valence-corrected chi connectivity index (χ0v) is 20.9. The number of anilines is 1. The molecule has 38 heavy (non-hydrogen) atoms. The van der Waals surface area contributed by atoms with Crippen LogP contribution in [0.4, 0.5) is 20.3 Å². The smallest absolute Gasteiger partial charge is 0.271 e. The van der Waals surface area contributed by atoms with Gasteiger partial charge in [-0.2, -0.15) is 5.26 Å². The molecule has 1 aliphatic heterocycles. The molecule has 2 aromatic heterocycles. The van der Waals surface area contributed by atoms with Crippen LogP contribution in [0.15, 0.2) is 65.5 Å². The van der Waals surface area contributed by atoms with Gasteiger partial charge in [-0.05, 0) is 54.4 Å². The van der Waals surface area contributed by atoms with Crippen LogP contribution >= 0.6 is 0 Å². The van der Waals surface area contributed by atoms with Crippen molar-refractivity contribution in [1.82, 2.24) is 14.5 Å². The third-order valence-electron chi connectivity index (χ3n) is 7.12. The fraction of sp³-hybridized carbons (Fsp3) is 0.241. The van der Waals surface area contributed by atoms with Crippen LogP contribution in [0, 0.1) is 29.5 Å². The molecule has 1 atom stereocenters. The van der Waals surface area contributed by atoms with Gasteiger partial charge in [0, 0.05) is 32.7 Å². The second-order valence-corrected chi connectivity index (χ2v) is 9.39. The zero-order chi connectivity index (χ0) is 27.0. The summed E-state index contributed by atoms with van der Waals surface area (Å²) < 4.78 is 28.8. The molecule has 0 aliphatic carbocycles. The highest BCUT2D eigenvalue weighted by molar-refractivity contribution is 5.92. The highest BCUT2D eigenvalue weighted by atomic mass is 19.1. The molecule has 1 aliphatic rings. The molecule has 0 unspecified atom stereocenters. The maximum absolute atomic E-state index is 13.7. The fourth-order valence-electron chi connectivity index (χ4n) is 5.28. The predicted molar refractivity (Wildman–Crippen MR) is 141 cm³/mol. The molecule has 9 heteroatoms. The third kappa shape index (κ3) is 4.38. The molecule has 0 spiro atoms. The van der Waals surface area contributed by atoms with Crippen LogP contribution in [-0.4, -0.2) is 40.1 Å². The summed E-state index contributed by atoms with van der Waals surface area (Å²) in [6.45, 7) is 10.9. The monoisotopic (exact) mass is 510 g/mol. The lowest BCUT2D eigenvalue weighted by Crippen LogP contribution is -2.53. The minimum Gasteiger partial charge on any atom is -0.364 e. The van der Waals surface area contributed by atoms with E-state index in [4.69, 9.17) is 6.57 Å². The Hall–Kier alpha value is -4.60. The highest BCUT2D eigenvalue weighted by Crippen LogP contribution is 2.35. The Kier molecular flexibility index (Phi) is 6.62. The number of hydrogen-bond donors (Lipinski definition) is 0. The maximum atomic E-state index is 13.7. The van der Waals surface area contributed by atoms with E-state index in [9.17, 15) is 18.8 Å². The van der Waals surface area contributed by atoms with E-state index in [1.807, 2.05) is 11.8 Å². The summed E-state index contributed by atoms with van der Waals surface area (Å²) >= 11 is 0. The van der Waals surface area contributed by atoms with Gasteiger partial charge in [-0.15, -0.1) is 4.98 Å². The molecule has 5 rings (SSSR count). The van der Waals surface area contributed by atoms with Crippen LogP contribution < -0.4 is 10.5 Å². The largest absolute Gasteiger partial charge is 0.364 e. The van der Waals surface area contributed by atoms with E-state index in [2.05, 4.69) is 20.8 Å². The van der Waals surface area contributed by atoms with E-state index in [1.165, 1.54) is 28.8 Å². The number of hydrogen-bond acceptors (Lipinski definition) is 5. The van der Waals surface area contributed by atoms with Crippen molar-refractivity contribution in [1.29, 1.82) is 5.26 Å². The minimum absolute atomic E-state index is 0.0103. The topological polar surface area (TPSA) is 69.5 Å². The van der Waals surface area contributed by atoms with E-state index in [0.29, 0.717) is 36.4 Å². The Bertz CT molecular complexity index is 1610. The van der Waals surface area contributed by atoms with Crippen molar-refractivity contribution in [3.63, 3.8) is 0 Å². The van der Waals surface area contributed by atoms with Crippen molar-refractivity contribution in [2.45, 2.75) is 19.0 Å². The molecule has 0 radical (unpaired) electrons. The minimum atomic E-state index is -0.419. The lowest BCUT2D eigenvalue weighted by atomic mass is 9.94. The standard InChI is InChI=1S/C29H24F2N6O/c1-18-17-36(28-23(16-32)29(38)35(3)24-12-13-25(33-2)34-26(24)28)14-15-37(18)27(19-4-8-21(30)9-5-19)20-6-10-22(31)11-7-20/h4-13,18,27H,14-15,17H2,1,3H3/t18-/m1/s1. The lowest BCUT2D eigenvalue weighted by molar-refractivity contribution is 0.150. The van der Waals surface area contributed by atoms with Crippen LogP contribution in [-0.2, 0) is 7.05 Å². The first-order chi connectivity index (χ1) is 18.3. The van der Waals surface area contributed by atoms with Gasteiger partial charge in [-0.1, -0.05) is 30.8 Å². The van der Waals surface area contributed by atoms with Crippen LogP contribution in [0.1, 0.15) is 29.7 Å². The van der Waals surface area contributed by atoms with Crippen LogP contribution in [0.2, 0.25) is 0 Å². The number of fused-ring (bicyclic) bond motifs is 1. The molecule has 4 aromatic rings. The second kappa shape index (κ2) is 10.0. The molecular formula is C29H24F2N6O. The Labute approximate surface area is 218 Å². The SMILES string of the molecule is [C-]#[N+]c1ccc2c(n1)c(N1CCN(C(c3ccc(F)cc3)c3ccc(F)cc3)[C@H](C)C1)c(C#N)c(=O)n2C. The van der Waals surface area contributed by atoms with Gasteiger partial charge in [-0.25, -0.2) is 8.78 Å². The van der Waals surface area contributed by atoms with Gasteiger partial charge in [0.25, 0.3) is 11.4 Å². The van der Waals surface area contributed by atoms with E-state index >= 15 is 0 Å². The highest BCUT2D eigenvalue weighted by Gasteiger charge is 2.34. The van der Waals surface area contributed by atoms with Crippen molar-refractivity contribution in [2.24, 2.45) is 7.05 Å². The van der Waals surface area contributed by atoms with Crippen molar-refractivity contribution in [3.8, 4) is 6.07 Å². The predicted octanol–water partition coefficient (Wildman–Crippen LogP) is 4.93. The third-order valence-corrected chi connectivity index (χ3v) is 7.12. The summed E-state index contributed by atoms with van der Waals surface area (Å²) in [7, 11) is 1.59. The summed E-state index contributed by atoms with van der Waals surface area (Å²) in [5.74, 6) is -0.490. The molecule has 7 nitrogen and oxygen atoms in total. The second-order valence-electron chi connectivity index (χ2n) is 9.39. The normalized spacial score (nSPS) is 16.0. The molecular weight excluding hydrogens is 486 g/mol. The van der Waals surface area contributed by atoms with Crippen molar-refractivity contribution < 1.29 is 8.78 Å². The molecule has 190 valence electrons. The fourth-order valence-corrected chi connectivity index (χ4v) is 5.28.